The Labute approximate surface area is 115 Å². The van der Waals surface area contributed by atoms with Crippen molar-refractivity contribution in [1.82, 2.24) is 4.98 Å². The molecule has 0 bridgehead atoms. The van der Waals surface area contributed by atoms with Crippen LogP contribution in [0.25, 0.3) is 0 Å². The highest BCUT2D eigenvalue weighted by atomic mass is 79.9. The van der Waals surface area contributed by atoms with Crippen molar-refractivity contribution < 1.29 is 4.74 Å². The molecule has 0 fully saturated rings. The minimum atomic E-state index is 0.463. The van der Waals surface area contributed by atoms with Gasteiger partial charge in [0.15, 0.2) is 0 Å². The Kier molecular flexibility index (Phi) is 4.33. The number of pyridine rings is 1. The van der Waals surface area contributed by atoms with Gasteiger partial charge < -0.3 is 10.5 Å². The van der Waals surface area contributed by atoms with Gasteiger partial charge in [-0.1, -0.05) is 34.1 Å². The predicted octanol–water partition coefficient (Wildman–Crippen LogP) is 3.19. The summed E-state index contributed by atoms with van der Waals surface area (Å²) in [5.74, 6) is 0.633. The molecule has 2 rings (SSSR count). The van der Waals surface area contributed by atoms with Crippen molar-refractivity contribution >= 4 is 15.9 Å². The zero-order valence-electron chi connectivity index (χ0n) is 10.2. The van der Waals surface area contributed by atoms with E-state index in [4.69, 9.17) is 10.5 Å². The number of aromatic nitrogens is 1. The van der Waals surface area contributed by atoms with Gasteiger partial charge in [0.05, 0.1) is 0 Å². The van der Waals surface area contributed by atoms with Gasteiger partial charge in [0.25, 0.3) is 0 Å². The summed E-state index contributed by atoms with van der Waals surface area (Å²) in [6.07, 6.45) is 0. The average Bonchev–Trinajstić information content (AvgIpc) is 2.37. The molecule has 1 aromatic carbocycles. The third kappa shape index (κ3) is 3.09. The Morgan fingerprint density at radius 3 is 2.72 bits per heavy atom. The van der Waals surface area contributed by atoms with E-state index >= 15 is 0 Å². The van der Waals surface area contributed by atoms with Gasteiger partial charge in [-0.15, -0.1) is 0 Å². The van der Waals surface area contributed by atoms with Crippen LogP contribution in [0.3, 0.4) is 0 Å². The Morgan fingerprint density at radius 2 is 2.00 bits per heavy atom. The van der Waals surface area contributed by atoms with Gasteiger partial charge in [0.1, 0.15) is 6.61 Å². The number of aryl methyl sites for hydroxylation is 1. The first-order chi connectivity index (χ1) is 8.70. The first-order valence-electron chi connectivity index (χ1n) is 5.73. The SMILES string of the molecule is Cc1cccc(OCc2c(Br)cccc2CN)n1. The van der Waals surface area contributed by atoms with Gasteiger partial charge >= 0.3 is 0 Å². The molecule has 0 aliphatic carbocycles. The van der Waals surface area contributed by atoms with Gasteiger partial charge in [-0.25, -0.2) is 4.98 Å². The van der Waals surface area contributed by atoms with Gasteiger partial charge in [0.2, 0.25) is 5.88 Å². The molecule has 4 heteroatoms. The van der Waals surface area contributed by atoms with Crippen LogP contribution >= 0.6 is 15.9 Å². The topological polar surface area (TPSA) is 48.1 Å². The van der Waals surface area contributed by atoms with E-state index in [9.17, 15) is 0 Å². The molecule has 94 valence electrons. The zero-order chi connectivity index (χ0) is 13.0. The molecule has 0 radical (unpaired) electrons. The largest absolute Gasteiger partial charge is 0.473 e. The second-order valence-electron chi connectivity index (χ2n) is 3.99. The van der Waals surface area contributed by atoms with Crippen molar-refractivity contribution in [2.75, 3.05) is 0 Å². The van der Waals surface area contributed by atoms with Gasteiger partial charge in [-0.2, -0.15) is 0 Å². The van der Waals surface area contributed by atoms with Gasteiger partial charge in [-0.3, -0.25) is 0 Å². The van der Waals surface area contributed by atoms with E-state index in [1.807, 2.05) is 43.3 Å². The molecule has 2 N–H and O–H groups in total. The number of ether oxygens (including phenoxy) is 1. The monoisotopic (exact) mass is 306 g/mol. The minimum Gasteiger partial charge on any atom is -0.473 e. The van der Waals surface area contributed by atoms with Crippen LogP contribution in [-0.2, 0) is 13.2 Å². The van der Waals surface area contributed by atoms with Gasteiger partial charge in [-0.05, 0) is 24.6 Å². The molecule has 0 saturated heterocycles. The van der Waals surface area contributed by atoms with Crippen LogP contribution in [0.5, 0.6) is 5.88 Å². The molecule has 3 nitrogen and oxygen atoms in total. The highest BCUT2D eigenvalue weighted by Gasteiger charge is 2.06. The van der Waals surface area contributed by atoms with Crippen molar-refractivity contribution in [1.29, 1.82) is 0 Å². The number of halogens is 1. The first kappa shape index (κ1) is 13.1. The summed E-state index contributed by atoms with van der Waals surface area (Å²) in [5, 5.41) is 0. The second-order valence-corrected chi connectivity index (χ2v) is 4.84. The summed E-state index contributed by atoms with van der Waals surface area (Å²) < 4.78 is 6.71. The number of rotatable bonds is 4. The maximum absolute atomic E-state index is 5.72. The van der Waals surface area contributed by atoms with E-state index in [1.54, 1.807) is 0 Å². The van der Waals surface area contributed by atoms with Crippen molar-refractivity contribution in [3.05, 3.63) is 57.7 Å². The fourth-order valence-electron chi connectivity index (χ4n) is 1.70. The maximum Gasteiger partial charge on any atom is 0.213 e. The quantitative estimate of drug-likeness (QED) is 0.943. The molecule has 0 amide bonds. The fourth-order valence-corrected chi connectivity index (χ4v) is 2.22. The number of benzene rings is 1. The summed E-state index contributed by atoms with van der Waals surface area (Å²) >= 11 is 3.52. The molecule has 2 aromatic rings. The Bertz CT molecular complexity index is 543. The molecular formula is C14H15BrN2O. The maximum atomic E-state index is 5.72. The van der Waals surface area contributed by atoms with Crippen LogP contribution in [0.2, 0.25) is 0 Å². The summed E-state index contributed by atoms with van der Waals surface area (Å²) in [5.41, 5.74) is 8.82. The van der Waals surface area contributed by atoms with Crippen LogP contribution in [0.15, 0.2) is 40.9 Å². The zero-order valence-corrected chi connectivity index (χ0v) is 11.8. The normalized spacial score (nSPS) is 10.4. The van der Waals surface area contributed by atoms with Crippen molar-refractivity contribution in [2.24, 2.45) is 5.73 Å². The number of nitrogens with zero attached hydrogens (tertiary/aromatic N) is 1. The molecule has 0 unspecified atom stereocenters. The number of nitrogens with two attached hydrogens (primary N) is 1. The Hall–Kier alpha value is -1.39. The van der Waals surface area contributed by atoms with Crippen LogP contribution < -0.4 is 10.5 Å². The highest BCUT2D eigenvalue weighted by Crippen LogP contribution is 2.22. The molecule has 0 saturated carbocycles. The molecule has 18 heavy (non-hydrogen) atoms. The smallest absolute Gasteiger partial charge is 0.213 e. The molecule has 0 atom stereocenters. The Morgan fingerprint density at radius 1 is 1.22 bits per heavy atom. The third-order valence-electron chi connectivity index (χ3n) is 2.66. The average molecular weight is 307 g/mol. The number of hydrogen-bond acceptors (Lipinski definition) is 3. The molecule has 1 heterocycles. The summed E-state index contributed by atoms with van der Waals surface area (Å²) in [7, 11) is 0. The van der Waals surface area contributed by atoms with E-state index in [1.165, 1.54) is 0 Å². The molecule has 1 aromatic heterocycles. The predicted molar refractivity (Wildman–Crippen MR) is 75.3 cm³/mol. The minimum absolute atomic E-state index is 0.463. The molecule has 0 spiro atoms. The molecule has 0 aliphatic rings. The first-order valence-corrected chi connectivity index (χ1v) is 6.53. The van der Waals surface area contributed by atoms with Crippen molar-refractivity contribution in [3.63, 3.8) is 0 Å². The third-order valence-corrected chi connectivity index (χ3v) is 3.41. The van der Waals surface area contributed by atoms with E-state index in [2.05, 4.69) is 20.9 Å². The van der Waals surface area contributed by atoms with E-state index in [0.717, 1.165) is 21.3 Å². The van der Waals surface area contributed by atoms with Crippen LogP contribution in [0.4, 0.5) is 0 Å². The fraction of sp³-hybridized carbons (Fsp3) is 0.214. The van der Waals surface area contributed by atoms with Crippen LogP contribution in [0, 0.1) is 6.92 Å². The molecular weight excluding hydrogens is 292 g/mol. The Balaban J connectivity index is 2.15. The molecule has 0 aliphatic heterocycles. The van der Waals surface area contributed by atoms with Crippen molar-refractivity contribution in [3.8, 4) is 5.88 Å². The van der Waals surface area contributed by atoms with E-state index < -0.39 is 0 Å². The van der Waals surface area contributed by atoms with Crippen LogP contribution in [0.1, 0.15) is 16.8 Å². The summed E-state index contributed by atoms with van der Waals surface area (Å²) in [6, 6.07) is 11.7. The van der Waals surface area contributed by atoms with E-state index in [0.29, 0.717) is 19.0 Å². The summed E-state index contributed by atoms with van der Waals surface area (Å²) in [6.45, 7) is 2.90. The highest BCUT2D eigenvalue weighted by molar-refractivity contribution is 9.10. The standard InChI is InChI=1S/C14H15BrN2O/c1-10-4-2-7-14(17-10)18-9-12-11(8-16)5-3-6-13(12)15/h2-7H,8-9,16H2,1H3. The second kappa shape index (κ2) is 5.98. The lowest BCUT2D eigenvalue weighted by atomic mass is 10.1. The lowest BCUT2D eigenvalue weighted by Gasteiger charge is -2.11. The number of hydrogen-bond donors (Lipinski definition) is 1. The van der Waals surface area contributed by atoms with Crippen molar-refractivity contribution in [2.45, 2.75) is 20.1 Å². The lowest BCUT2D eigenvalue weighted by Crippen LogP contribution is -2.06. The van der Waals surface area contributed by atoms with Crippen LogP contribution in [-0.4, -0.2) is 4.98 Å². The van der Waals surface area contributed by atoms with Gasteiger partial charge in [0, 0.05) is 28.3 Å². The lowest BCUT2D eigenvalue weighted by molar-refractivity contribution is 0.291. The summed E-state index contributed by atoms with van der Waals surface area (Å²) in [4.78, 5) is 4.30. The van der Waals surface area contributed by atoms with E-state index in [-0.39, 0.29) is 0 Å².